The van der Waals surface area contributed by atoms with E-state index in [-0.39, 0.29) is 0 Å². The molecule has 2 nitrogen and oxygen atoms in total. The van der Waals surface area contributed by atoms with Gasteiger partial charge in [0.15, 0.2) is 0 Å². The van der Waals surface area contributed by atoms with Crippen molar-refractivity contribution in [2.24, 2.45) is 4.99 Å². The number of hydrogen-bond acceptors (Lipinski definition) is 2. The van der Waals surface area contributed by atoms with E-state index in [0.717, 1.165) is 24.9 Å². The lowest BCUT2D eigenvalue weighted by Gasteiger charge is -2.27. The Balaban J connectivity index is 2.34. The molecule has 2 heteroatoms. The fourth-order valence-corrected chi connectivity index (χ4v) is 2.40. The normalized spacial score (nSPS) is 16.7. The Hall–Kier alpha value is -1.57. The SMILES string of the molecule is CCN1CCC=c2ccc3c(c21)C=CN=3. The topological polar surface area (TPSA) is 15.6 Å². The molecule has 2 aliphatic rings. The largest absolute Gasteiger partial charge is 0.370 e. The summed E-state index contributed by atoms with van der Waals surface area (Å²) in [5, 5.41) is 2.48. The first-order chi connectivity index (χ1) is 7.40. The molecule has 1 aromatic carbocycles. The van der Waals surface area contributed by atoms with Crippen LogP contribution in [0.2, 0.25) is 0 Å². The fraction of sp³-hybridized carbons (Fsp3) is 0.308. The Morgan fingerprint density at radius 3 is 3.20 bits per heavy atom. The van der Waals surface area contributed by atoms with Gasteiger partial charge in [-0.3, -0.25) is 4.99 Å². The number of anilines is 1. The van der Waals surface area contributed by atoms with E-state index in [9.17, 15) is 0 Å². The molecule has 0 aliphatic carbocycles. The molecule has 0 radical (unpaired) electrons. The summed E-state index contributed by atoms with van der Waals surface area (Å²) in [6.07, 6.45) is 7.50. The van der Waals surface area contributed by atoms with E-state index in [1.165, 1.54) is 16.5 Å². The van der Waals surface area contributed by atoms with Gasteiger partial charge in [-0.1, -0.05) is 12.1 Å². The minimum absolute atomic E-state index is 1.07. The highest BCUT2D eigenvalue weighted by molar-refractivity contribution is 5.71. The predicted octanol–water partition coefficient (Wildman–Crippen LogP) is 1.30. The van der Waals surface area contributed by atoms with Crippen molar-refractivity contribution in [3.63, 3.8) is 0 Å². The van der Waals surface area contributed by atoms with Crippen molar-refractivity contribution >= 4 is 17.8 Å². The Bertz CT molecular complexity index is 540. The minimum atomic E-state index is 1.07. The van der Waals surface area contributed by atoms with Gasteiger partial charge in [-0.15, -0.1) is 0 Å². The number of hydrogen-bond donors (Lipinski definition) is 0. The summed E-state index contributed by atoms with van der Waals surface area (Å²) in [6.45, 7) is 4.42. The van der Waals surface area contributed by atoms with Gasteiger partial charge in [0.1, 0.15) is 0 Å². The highest BCUT2D eigenvalue weighted by atomic mass is 15.1. The molecule has 0 bridgehead atoms. The van der Waals surface area contributed by atoms with Crippen LogP contribution in [-0.2, 0) is 0 Å². The van der Waals surface area contributed by atoms with Crippen molar-refractivity contribution in [3.8, 4) is 0 Å². The lowest BCUT2D eigenvalue weighted by molar-refractivity contribution is 0.816. The van der Waals surface area contributed by atoms with E-state index in [4.69, 9.17) is 0 Å². The van der Waals surface area contributed by atoms with Crippen LogP contribution >= 0.6 is 0 Å². The van der Waals surface area contributed by atoms with Crippen molar-refractivity contribution in [3.05, 3.63) is 34.5 Å². The molecule has 3 rings (SSSR count). The molecule has 2 heterocycles. The molecular weight excluding hydrogens is 184 g/mol. The maximum absolute atomic E-state index is 4.36. The third-order valence-electron chi connectivity index (χ3n) is 3.14. The first-order valence-corrected chi connectivity index (χ1v) is 5.52. The van der Waals surface area contributed by atoms with Crippen LogP contribution in [-0.4, -0.2) is 13.1 Å². The Morgan fingerprint density at radius 2 is 2.33 bits per heavy atom. The summed E-state index contributed by atoms with van der Waals surface area (Å²) >= 11 is 0. The van der Waals surface area contributed by atoms with Crippen molar-refractivity contribution < 1.29 is 0 Å². The molecule has 76 valence electrons. The fourth-order valence-electron chi connectivity index (χ4n) is 2.40. The molecule has 0 unspecified atom stereocenters. The summed E-state index contributed by atoms with van der Waals surface area (Å²) in [6, 6.07) is 4.30. The Morgan fingerprint density at radius 1 is 1.40 bits per heavy atom. The number of fused-ring (bicyclic) bond motifs is 3. The van der Waals surface area contributed by atoms with E-state index >= 15 is 0 Å². The summed E-state index contributed by atoms with van der Waals surface area (Å²) in [5.74, 6) is 0. The molecule has 1 aromatic rings. The third kappa shape index (κ3) is 1.21. The molecule has 0 amide bonds. The molecule has 0 spiro atoms. The van der Waals surface area contributed by atoms with Crippen molar-refractivity contribution in [1.29, 1.82) is 0 Å². The van der Waals surface area contributed by atoms with Crippen LogP contribution in [0.15, 0.2) is 23.3 Å². The first kappa shape index (κ1) is 8.72. The van der Waals surface area contributed by atoms with Gasteiger partial charge >= 0.3 is 0 Å². The molecule has 0 fully saturated rings. The maximum atomic E-state index is 4.36. The number of nitrogens with zero attached hydrogens (tertiary/aromatic N) is 2. The second kappa shape index (κ2) is 3.23. The average molecular weight is 198 g/mol. The molecule has 0 atom stereocenters. The summed E-state index contributed by atoms with van der Waals surface area (Å²) in [7, 11) is 0. The van der Waals surface area contributed by atoms with E-state index < -0.39 is 0 Å². The molecule has 15 heavy (non-hydrogen) atoms. The zero-order valence-corrected chi connectivity index (χ0v) is 8.90. The molecule has 0 saturated carbocycles. The molecule has 2 aliphatic heterocycles. The first-order valence-electron chi connectivity index (χ1n) is 5.52. The lowest BCUT2D eigenvalue weighted by Crippen LogP contribution is -2.34. The molecular formula is C13H14N2. The summed E-state index contributed by atoms with van der Waals surface area (Å²) in [4.78, 5) is 6.80. The second-order valence-electron chi connectivity index (χ2n) is 3.95. The zero-order chi connectivity index (χ0) is 10.3. The number of benzene rings is 1. The van der Waals surface area contributed by atoms with Gasteiger partial charge in [0.2, 0.25) is 0 Å². The molecule has 0 aromatic heterocycles. The van der Waals surface area contributed by atoms with Crippen LogP contribution in [0.25, 0.3) is 12.2 Å². The number of rotatable bonds is 1. The van der Waals surface area contributed by atoms with Crippen LogP contribution in [0.3, 0.4) is 0 Å². The van der Waals surface area contributed by atoms with Gasteiger partial charge in [0, 0.05) is 24.9 Å². The quantitative estimate of drug-likeness (QED) is 0.664. The summed E-state index contributed by atoms with van der Waals surface area (Å²) in [5.41, 5.74) is 2.67. The van der Waals surface area contributed by atoms with Gasteiger partial charge in [-0.05, 0) is 30.7 Å². The monoisotopic (exact) mass is 198 g/mol. The van der Waals surface area contributed by atoms with Crippen molar-refractivity contribution in [2.45, 2.75) is 13.3 Å². The minimum Gasteiger partial charge on any atom is -0.370 e. The lowest BCUT2D eigenvalue weighted by atomic mass is 10.0. The standard InChI is InChI=1S/C13H14N2/c1-2-15-9-3-4-10-5-6-12-11(13(10)15)7-8-14-12/h4-8H,2-3,9H2,1H3. The van der Waals surface area contributed by atoms with Crippen LogP contribution in [0, 0.1) is 0 Å². The van der Waals surface area contributed by atoms with Crippen molar-refractivity contribution in [2.75, 3.05) is 18.0 Å². The van der Waals surface area contributed by atoms with Crippen LogP contribution < -0.4 is 15.5 Å². The second-order valence-corrected chi connectivity index (χ2v) is 3.95. The predicted molar refractivity (Wildman–Crippen MR) is 63.2 cm³/mol. The van der Waals surface area contributed by atoms with E-state index in [1.54, 1.807) is 0 Å². The van der Waals surface area contributed by atoms with Crippen molar-refractivity contribution in [1.82, 2.24) is 0 Å². The van der Waals surface area contributed by atoms with Crippen LogP contribution in [0.5, 0.6) is 0 Å². The van der Waals surface area contributed by atoms with E-state index in [2.05, 4.69) is 41.1 Å². The highest BCUT2D eigenvalue weighted by Crippen LogP contribution is 2.19. The summed E-state index contributed by atoms with van der Waals surface area (Å²) < 4.78 is 0. The van der Waals surface area contributed by atoms with Crippen LogP contribution in [0.4, 0.5) is 5.69 Å². The van der Waals surface area contributed by atoms with E-state index in [0.29, 0.717) is 0 Å². The highest BCUT2D eigenvalue weighted by Gasteiger charge is 2.15. The molecule has 0 saturated heterocycles. The van der Waals surface area contributed by atoms with Gasteiger partial charge in [-0.25, -0.2) is 0 Å². The Labute approximate surface area is 89.3 Å². The zero-order valence-electron chi connectivity index (χ0n) is 8.90. The van der Waals surface area contributed by atoms with E-state index in [1.807, 2.05) is 6.20 Å². The maximum Gasteiger partial charge on any atom is 0.0723 e. The average Bonchev–Trinajstić information content (AvgIpc) is 2.76. The van der Waals surface area contributed by atoms with Gasteiger partial charge in [0.05, 0.1) is 11.0 Å². The third-order valence-corrected chi connectivity index (χ3v) is 3.14. The molecule has 0 N–H and O–H groups in total. The van der Waals surface area contributed by atoms with Crippen LogP contribution in [0.1, 0.15) is 18.9 Å². The van der Waals surface area contributed by atoms with Gasteiger partial charge < -0.3 is 4.90 Å². The Kier molecular flexibility index (Phi) is 1.88. The van der Waals surface area contributed by atoms with Gasteiger partial charge in [-0.2, -0.15) is 0 Å². The smallest absolute Gasteiger partial charge is 0.0723 e. The van der Waals surface area contributed by atoms with Gasteiger partial charge in [0.25, 0.3) is 0 Å².